The summed E-state index contributed by atoms with van der Waals surface area (Å²) in [6.45, 7) is 5.80. The normalized spacial score (nSPS) is 13.9. The van der Waals surface area contributed by atoms with Crippen LogP contribution in [0.3, 0.4) is 0 Å². The first-order chi connectivity index (χ1) is 11.2. The quantitative estimate of drug-likeness (QED) is 0.238. The molecule has 0 aromatic carbocycles. The lowest BCUT2D eigenvalue weighted by molar-refractivity contribution is -0.113. The standard InChI is InChI=1S/C21H41O2/c1-3-4-5-6-7-8-9-10-11-12-13-14-15-16-17-18-21(19-22)20(2)23/h19-21,23H,2-18H2,1H3. The van der Waals surface area contributed by atoms with Gasteiger partial charge in [0, 0.05) is 5.92 Å². The predicted molar refractivity (Wildman–Crippen MR) is 100 cm³/mol. The molecule has 0 amide bonds. The zero-order valence-corrected chi connectivity index (χ0v) is 15.6. The molecule has 0 aromatic heterocycles. The highest BCUT2D eigenvalue weighted by Gasteiger charge is 2.12. The number of hydrogen-bond acceptors (Lipinski definition) is 2. The Labute approximate surface area is 145 Å². The first kappa shape index (κ1) is 22.6. The largest absolute Gasteiger partial charge is 0.392 e. The highest BCUT2D eigenvalue weighted by atomic mass is 16.3. The van der Waals surface area contributed by atoms with E-state index in [1.807, 2.05) is 0 Å². The number of unbranched alkanes of at least 4 members (excludes halogenated alkanes) is 14. The topological polar surface area (TPSA) is 37.3 Å². The van der Waals surface area contributed by atoms with Gasteiger partial charge in [-0.15, -0.1) is 0 Å². The van der Waals surface area contributed by atoms with Crippen LogP contribution in [0.25, 0.3) is 0 Å². The van der Waals surface area contributed by atoms with Crippen molar-refractivity contribution in [3.8, 4) is 0 Å². The Balaban J connectivity index is 3.12. The summed E-state index contributed by atoms with van der Waals surface area (Å²) in [5.74, 6) is -0.267. The smallest absolute Gasteiger partial charge is 0.125 e. The summed E-state index contributed by atoms with van der Waals surface area (Å²) in [6.07, 6.45) is 21.1. The minimum atomic E-state index is -0.737. The molecular formula is C21H41O2. The van der Waals surface area contributed by atoms with Gasteiger partial charge in [-0.2, -0.15) is 0 Å². The summed E-state index contributed by atoms with van der Waals surface area (Å²) in [6, 6.07) is 0. The lowest BCUT2D eigenvalue weighted by Crippen LogP contribution is -2.18. The SMILES string of the molecule is [CH2]C(O)C(C=O)CCCCCCCCCCCCCCCCC. The Hall–Kier alpha value is -0.370. The Morgan fingerprint density at radius 1 is 0.739 bits per heavy atom. The third kappa shape index (κ3) is 16.3. The molecule has 2 nitrogen and oxygen atoms in total. The number of aliphatic hydroxyl groups excluding tert-OH is 1. The first-order valence-corrected chi connectivity index (χ1v) is 10.2. The molecule has 0 saturated carbocycles. The zero-order valence-electron chi connectivity index (χ0n) is 15.6. The fourth-order valence-electron chi connectivity index (χ4n) is 3.10. The molecule has 0 aromatic rings. The molecule has 137 valence electrons. The molecule has 0 rings (SSSR count). The van der Waals surface area contributed by atoms with Crippen LogP contribution in [0, 0.1) is 12.8 Å². The molecule has 0 aliphatic heterocycles. The maximum absolute atomic E-state index is 10.7. The zero-order chi connectivity index (χ0) is 17.2. The van der Waals surface area contributed by atoms with Crippen molar-refractivity contribution in [3.05, 3.63) is 6.92 Å². The molecule has 2 heteroatoms. The Morgan fingerprint density at radius 2 is 1.09 bits per heavy atom. The van der Waals surface area contributed by atoms with E-state index in [0.29, 0.717) is 0 Å². The van der Waals surface area contributed by atoms with Crippen LogP contribution in [0.2, 0.25) is 0 Å². The van der Waals surface area contributed by atoms with E-state index in [-0.39, 0.29) is 5.92 Å². The molecule has 0 aliphatic rings. The fourth-order valence-corrected chi connectivity index (χ4v) is 3.10. The lowest BCUT2D eigenvalue weighted by Gasteiger charge is -2.12. The summed E-state index contributed by atoms with van der Waals surface area (Å²) < 4.78 is 0. The van der Waals surface area contributed by atoms with Crippen LogP contribution >= 0.6 is 0 Å². The van der Waals surface area contributed by atoms with Crippen molar-refractivity contribution in [1.29, 1.82) is 0 Å². The van der Waals surface area contributed by atoms with E-state index in [2.05, 4.69) is 13.8 Å². The third-order valence-electron chi connectivity index (χ3n) is 4.81. The van der Waals surface area contributed by atoms with Gasteiger partial charge in [-0.1, -0.05) is 103 Å². The van der Waals surface area contributed by atoms with E-state index in [4.69, 9.17) is 0 Å². The van der Waals surface area contributed by atoms with Gasteiger partial charge in [-0.3, -0.25) is 0 Å². The van der Waals surface area contributed by atoms with Crippen molar-refractivity contribution in [2.75, 3.05) is 0 Å². The Morgan fingerprint density at radius 3 is 1.39 bits per heavy atom. The molecule has 0 aliphatic carbocycles. The number of hydrogen-bond donors (Lipinski definition) is 1. The Kier molecular flexibility index (Phi) is 17.7. The summed E-state index contributed by atoms with van der Waals surface area (Å²) >= 11 is 0. The third-order valence-corrected chi connectivity index (χ3v) is 4.81. The van der Waals surface area contributed by atoms with Gasteiger partial charge in [0.2, 0.25) is 0 Å². The molecular weight excluding hydrogens is 284 g/mol. The minimum Gasteiger partial charge on any atom is -0.392 e. The molecule has 0 spiro atoms. The summed E-state index contributed by atoms with van der Waals surface area (Å²) in [7, 11) is 0. The number of carbonyl (C=O) groups is 1. The van der Waals surface area contributed by atoms with Gasteiger partial charge in [-0.05, 0) is 13.3 Å². The summed E-state index contributed by atoms with van der Waals surface area (Å²) in [5.41, 5.74) is 0. The fraction of sp³-hybridized carbons (Fsp3) is 0.905. The van der Waals surface area contributed by atoms with Crippen molar-refractivity contribution in [3.63, 3.8) is 0 Å². The maximum atomic E-state index is 10.7. The second-order valence-electron chi connectivity index (χ2n) is 7.11. The van der Waals surface area contributed by atoms with E-state index in [1.165, 1.54) is 89.9 Å². The molecule has 2 atom stereocenters. The van der Waals surface area contributed by atoms with Crippen LogP contribution in [0.5, 0.6) is 0 Å². The average molecular weight is 326 g/mol. The molecule has 23 heavy (non-hydrogen) atoms. The van der Waals surface area contributed by atoms with Crippen LogP contribution < -0.4 is 0 Å². The van der Waals surface area contributed by atoms with Crippen molar-refractivity contribution >= 4 is 6.29 Å². The highest BCUT2D eigenvalue weighted by Crippen LogP contribution is 2.15. The van der Waals surface area contributed by atoms with Crippen LogP contribution in [0.15, 0.2) is 0 Å². The van der Waals surface area contributed by atoms with Crippen molar-refractivity contribution in [1.82, 2.24) is 0 Å². The average Bonchev–Trinajstić information content (AvgIpc) is 2.54. The number of rotatable bonds is 18. The molecule has 0 bridgehead atoms. The van der Waals surface area contributed by atoms with Crippen molar-refractivity contribution < 1.29 is 9.90 Å². The van der Waals surface area contributed by atoms with Gasteiger partial charge >= 0.3 is 0 Å². The summed E-state index contributed by atoms with van der Waals surface area (Å²) in [4.78, 5) is 10.7. The van der Waals surface area contributed by atoms with E-state index in [9.17, 15) is 9.90 Å². The monoisotopic (exact) mass is 325 g/mol. The maximum Gasteiger partial charge on any atom is 0.125 e. The van der Waals surface area contributed by atoms with Gasteiger partial charge < -0.3 is 9.90 Å². The van der Waals surface area contributed by atoms with Crippen molar-refractivity contribution in [2.24, 2.45) is 5.92 Å². The van der Waals surface area contributed by atoms with Gasteiger partial charge in [0.25, 0.3) is 0 Å². The molecule has 0 fully saturated rings. The summed E-state index contributed by atoms with van der Waals surface area (Å²) in [5, 5.41) is 9.29. The Bertz CT molecular complexity index is 238. The van der Waals surface area contributed by atoms with Crippen LogP contribution in [0.1, 0.15) is 110 Å². The number of aliphatic hydroxyl groups is 1. The van der Waals surface area contributed by atoms with Gasteiger partial charge in [0.15, 0.2) is 0 Å². The van der Waals surface area contributed by atoms with Gasteiger partial charge in [0.05, 0.1) is 6.10 Å². The van der Waals surface area contributed by atoms with Crippen LogP contribution in [-0.4, -0.2) is 17.5 Å². The van der Waals surface area contributed by atoms with Crippen LogP contribution in [0.4, 0.5) is 0 Å². The lowest BCUT2D eigenvalue weighted by atomic mass is 9.97. The molecule has 0 saturated heterocycles. The van der Waals surface area contributed by atoms with E-state index < -0.39 is 6.10 Å². The first-order valence-electron chi connectivity index (χ1n) is 10.2. The second-order valence-corrected chi connectivity index (χ2v) is 7.11. The van der Waals surface area contributed by atoms with E-state index >= 15 is 0 Å². The van der Waals surface area contributed by atoms with Crippen LogP contribution in [-0.2, 0) is 4.79 Å². The predicted octanol–water partition coefficient (Wildman–Crippen LogP) is 6.26. The second kappa shape index (κ2) is 18.0. The highest BCUT2D eigenvalue weighted by molar-refractivity contribution is 5.54. The molecule has 0 heterocycles. The van der Waals surface area contributed by atoms with Crippen molar-refractivity contribution in [2.45, 2.75) is 116 Å². The molecule has 1 N–H and O–H groups in total. The van der Waals surface area contributed by atoms with E-state index in [0.717, 1.165) is 19.1 Å². The number of carbonyl (C=O) groups excluding carboxylic acids is 1. The van der Waals surface area contributed by atoms with E-state index in [1.54, 1.807) is 0 Å². The minimum absolute atomic E-state index is 0.267. The van der Waals surface area contributed by atoms with Gasteiger partial charge in [-0.25, -0.2) is 0 Å². The molecule has 2 unspecified atom stereocenters. The van der Waals surface area contributed by atoms with Gasteiger partial charge in [0.1, 0.15) is 6.29 Å². The molecule has 1 radical (unpaired) electrons. The number of aldehydes is 1.